The van der Waals surface area contributed by atoms with Crippen LogP contribution in [0.4, 0.5) is 5.69 Å². The minimum absolute atomic E-state index is 0.0153. The lowest BCUT2D eigenvalue weighted by Gasteiger charge is -2.14. The van der Waals surface area contributed by atoms with Gasteiger partial charge in [-0.05, 0) is 42.2 Å². The lowest BCUT2D eigenvalue weighted by molar-refractivity contribution is -0.384. The summed E-state index contributed by atoms with van der Waals surface area (Å²) in [5.74, 6) is 0.568. The largest absolute Gasteiger partial charge is 0.508 e. The maximum atomic E-state index is 11.6. The summed E-state index contributed by atoms with van der Waals surface area (Å²) in [6, 6.07) is 9.45. The van der Waals surface area contributed by atoms with Crippen LogP contribution in [-0.4, -0.2) is 23.4 Å². The summed E-state index contributed by atoms with van der Waals surface area (Å²) in [7, 11) is 1.49. The van der Waals surface area contributed by atoms with Crippen molar-refractivity contribution >= 4 is 17.5 Å². The fraction of sp³-hybridized carbons (Fsp3) is 0.211. The van der Waals surface area contributed by atoms with Gasteiger partial charge in [-0.1, -0.05) is 12.1 Å². The molecule has 2 aromatic rings. The van der Waals surface area contributed by atoms with Crippen LogP contribution in [0.2, 0.25) is 0 Å². The Kier molecular flexibility index (Phi) is 5.54. The molecule has 2 aromatic carbocycles. The smallest absolute Gasteiger partial charge is 0.269 e. The van der Waals surface area contributed by atoms with Gasteiger partial charge in [0.15, 0.2) is 0 Å². The highest BCUT2D eigenvalue weighted by Gasteiger charge is 2.14. The van der Waals surface area contributed by atoms with E-state index in [1.807, 2.05) is 0 Å². The maximum absolute atomic E-state index is 11.6. The molecule has 0 radical (unpaired) electrons. The van der Waals surface area contributed by atoms with Crippen molar-refractivity contribution in [2.75, 3.05) is 7.11 Å². The molecule has 1 N–H and O–H groups in total. The van der Waals surface area contributed by atoms with Gasteiger partial charge in [0.05, 0.1) is 12.0 Å². The monoisotopic (exact) mass is 341 g/mol. The molecule has 6 nitrogen and oxygen atoms in total. The minimum Gasteiger partial charge on any atom is -0.508 e. The average molecular weight is 341 g/mol. The number of methoxy groups -OCH3 is 1. The molecule has 0 aliphatic rings. The number of non-ortho nitro benzene ring substituents is 1. The van der Waals surface area contributed by atoms with E-state index in [2.05, 4.69) is 0 Å². The molecule has 25 heavy (non-hydrogen) atoms. The first kappa shape index (κ1) is 18.2. The third-order valence-electron chi connectivity index (χ3n) is 4.06. The second kappa shape index (κ2) is 7.61. The van der Waals surface area contributed by atoms with Crippen LogP contribution in [0.15, 0.2) is 42.0 Å². The molecule has 0 aliphatic heterocycles. The lowest BCUT2D eigenvalue weighted by atomic mass is 9.95. The van der Waals surface area contributed by atoms with Gasteiger partial charge in [0.1, 0.15) is 17.8 Å². The van der Waals surface area contributed by atoms with Crippen LogP contribution in [-0.2, 0) is 11.2 Å². The van der Waals surface area contributed by atoms with Crippen LogP contribution in [0.5, 0.6) is 11.5 Å². The number of carbonyl (C=O) groups excluding carboxylic acids is 1. The average Bonchev–Trinajstić information content (AvgIpc) is 2.61. The number of rotatable bonds is 6. The molecule has 6 heteroatoms. The zero-order valence-corrected chi connectivity index (χ0v) is 14.3. The molecule has 0 aliphatic carbocycles. The van der Waals surface area contributed by atoms with Gasteiger partial charge in [0.25, 0.3) is 5.69 Å². The SMILES string of the molecule is COc1cc(O)c(C)cc1/C(C)=C(\C=O)Cc1cccc([N+](=O)[O-])c1. The molecular weight excluding hydrogens is 322 g/mol. The lowest BCUT2D eigenvalue weighted by Crippen LogP contribution is -1.99. The van der Waals surface area contributed by atoms with Gasteiger partial charge < -0.3 is 9.84 Å². The summed E-state index contributed by atoms with van der Waals surface area (Å²) in [5.41, 5.74) is 3.20. The number of nitro benzene ring substituents is 1. The van der Waals surface area contributed by atoms with Crippen molar-refractivity contribution < 1.29 is 19.6 Å². The Bertz CT molecular complexity index is 855. The van der Waals surface area contributed by atoms with Crippen molar-refractivity contribution in [3.63, 3.8) is 0 Å². The van der Waals surface area contributed by atoms with Gasteiger partial charge >= 0.3 is 0 Å². The standard InChI is InChI=1S/C19H19NO5/c1-12-7-17(19(25-3)10-18(12)22)13(2)15(11-21)8-14-5-4-6-16(9-14)20(23)24/h4-7,9-11,22H,8H2,1-3H3/b15-13-. The van der Waals surface area contributed by atoms with E-state index in [0.717, 1.165) is 6.29 Å². The molecule has 0 atom stereocenters. The van der Waals surface area contributed by atoms with E-state index in [1.165, 1.54) is 25.3 Å². The van der Waals surface area contributed by atoms with Gasteiger partial charge in [0.2, 0.25) is 0 Å². The van der Waals surface area contributed by atoms with E-state index in [9.17, 15) is 20.0 Å². The van der Waals surface area contributed by atoms with Gasteiger partial charge in [-0.3, -0.25) is 14.9 Å². The van der Waals surface area contributed by atoms with Gasteiger partial charge in [-0.25, -0.2) is 0 Å². The summed E-state index contributed by atoms with van der Waals surface area (Å²) in [6.07, 6.45) is 1.01. The number of nitrogens with zero attached hydrogens (tertiary/aromatic N) is 1. The Morgan fingerprint density at radius 1 is 1.32 bits per heavy atom. The van der Waals surface area contributed by atoms with Crippen LogP contribution in [0.3, 0.4) is 0 Å². The van der Waals surface area contributed by atoms with E-state index >= 15 is 0 Å². The highest BCUT2D eigenvalue weighted by Crippen LogP contribution is 2.34. The molecule has 0 spiro atoms. The van der Waals surface area contributed by atoms with Crippen molar-refractivity contribution in [1.82, 2.24) is 0 Å². The Morgan fingerprint density at radius 2 is 2.04 bits per heavy atom. The quantitative estimate of drug-likeness (QED) is 0.373. The predicted molar refractivity (Wildman–Crippen MR) is 94.9 cm³/mol. The van der Waals surface area contributed by atoms with Gasteiger partial charge in [-0.15, -0.1) is 0 Å². The number of aromatic hydroxyl groups is 1. The Hall–Kier alpha value is -3.15. The van der Waals surface area contributed by atoms with Crippen LogP contribution in [0.1, 0.15) is 23.6 Å². The van der Waals surface area contributed by atoms with E-state index in [1.54, 1.807) is 32.0 Å². The van der Waals surface area contributed by atoms with Crippen molar-refractivity contribution in [3.05, 3.63) is 68.8 Å². The molecule has 0 unspecified atom stereocenters. The number of phenols is 1. The number of aryl methyl sites for hydroxylation is 1. The molecular formula is C19H19NO5. The number of benzene rings is 2. The van der Waals surface area contributed by atoms with Crippen LogP contribution >= 0.6 is 0 Å². The first-order valence-electron chi connectivity index (χ1n) is 7.63. The third-order valence-corrected chi connectivity index (χ3v) is 4.06. The van der Waals surface area contributed by atoms with E-state index < -0.39 is 4.92 Å². The van der Waals surface area contributed by atoms with Gasteiger partial charge in [0, 0.05) is 30.2 Å². The topological polar surface area (TPSA) is 89.7 Å². The predicted octanol–water partition coefficient (Wildman–Crippen LogP) is 3.83. The molecule has 2 rings (SSSR count). The van der Waals surface area contributed by atoms with Crippen molar-refractivity contribution in [3.8, 4) is 11.5 Å². The number of hydrogen-bond donors (Lipinski definition) is 1. The molecule has 0 saturated carbocycles. The van der Waals surface area contributed by atoms with E-state index in [0.29, 0.717) is 33.6 Å². The Morgan fingerprint density at radius 3 is 2.64 bits per heavy atom. The maximum Gasteiger partial charge on any atom is 0.269 e. The second-order valence-electron chi connectivity index (χ2n) is 5.71. The Balaban J connectivity index is 2.48. The number of nitro groups is 1. The molecule has 0 fully saturated rings. The summed E-state index contributed by atoms with van der Waals surface area (Å²) in [4.78, 5) is 22.0. The van der Waals surface area contributed by atoms with Crippen molar-refractivity contribution in [2.45, 2.75) is 20.3 Å². The number of aldehydes is 1. The first-order valence-corrected chi connectivity index (χ1v) is 7.63. The Labute approximate surface area is 145 Å². The molecule has 0 amide bonds. The van der Waals surface area contributed by atoms with Crippen LogP contribution in [0, 0.1) is 17.0 Å². The number of phenolic OH excluding ortho intramolecular Hbond substituents is 1. The highest BCUT2D eigenvalue weighted by molar-refractivity contribution is 5.89. The van der Waals surface area contributed by atoms with Gasteiger partial charge in [-0.2, -0.15) is 0 Å². The van der Waals surface area contributed by atoms with E-state index in [-0.39, 0.29) is 17.9 Å². The third kappa shape index (κ3) is 4.03. The molecule has 0 bridgehead atoms. The number of allylic oxidation sites excluding steroid dienone is 2. The zero-order valence-electron chi connectivity index (χ0n) is 14.3. The van der Waals surface area contributed by atoms with Crippen LogP contribution in [0.25, 0.3) is 5.57 Å². The fourth-order valence-corrected chi connectivity index (χ4v) is 2.57. The van der Waals surface area contributed by atoms with E-state index in [4.69, 9.17) is 4.74 Å². The second-order valence-corrected chi connectivity index (χ2v) is 5.71. The molecule has 0 heterocycles. The number of ether oxygens (including phenoxy) is 1. The minimum atomic E-state index is -0.465. The molecule has 0 aromatic heterocycles. The first-order chi connectivity index (χ1) is 11.9. The number of carbonyl (C=O) groups is 1. The van der Waals surface area contributed by atoms with Crippen LogP contribution < -0.4 is 4.74 Å². The summed E-state index contributed by atoms with van der Waals surface area (Å²) in [6.45, 7) is 3.54. The summed E-state index contributed by atoms with van der Waals surface area (Å²) < 4.78 is 5.30. The fourth-order valence-electron chi connectivity index (χ4n) is 2.57. The molecule has 0 saturated heterocycles. The zero-order chi connectivity index (χ0) is 18.6. The summed E-state index contributed by atoms with van der Waals surface area (Å²) >= 11 is 0. The van der Waals surface area contributed by atoms with Crippen molar-refractivity contribution in [1.29, 1.82) is 0 Å². The molecule has 130 valence electrons. The number of hydrogen-bond acceptors (Lipinski definition) is 5. The normalized spacial score (nSPS) is 11.6. The summed E-state index contributed by atoms with van der Waals surface area (Å²) in [5, 5.41) is 20.7. The van der Waals surface area contributed by atoms with Crippen molar-refractivity contribution in [2.24, 2.45) is 0 Å². The highest BCUT2D eigenvalue weighted by atomic mass is 16.6.